The third-order valence-electron chi connectivity index (χ3n) is 3.53. The maximum atomic E-state index is 10.2. The first kappa shape index (κ1) is 26.8. The summed E-state index contributed by atoms with van der Waals surface area (Å²) in [6, 6.07) is -0.699. The van der Waals surface area contributed by atoms with Crippen molar-refractivity contribution in [3.05, 3.63) is 0 Å². The quantitative estimate of drug-likeness (QED) is 0.387. The summed E-state index contributed by atoms with van der Waals surface area (Å²) in [7, 11) is 0. The smallest absolute Gasteiger partial charge is 0.550 e. The minimum absolute atomic E-state index is 0. The number of carboxylic acid groups (broad SMARTS) is 2. The van der Waals surface area contributed by atoms with E-state index in [0.29, 0.717) is 0 Å². The van der Waals surface area contributed by atoms with Gasteiger partial charge in [0.2, 0.25) is 0 Å². The van der Waals surface area contributed by atoms with Crippen molar-refractivity contribution in [1.82, 2.24) is 0 Å². The SMILES string of the molecule is CCC(C)C(N)C(=O)O.CCCCCCCCCC(=O)[O-].[Na+]. The second-order valence-corrected chi connectivity index (χ2v) is 5.49. The molecule has 0 aromatic heterocycles. The van der Waals surface area contributed by atoms with Gasteiger partial charge in [-0.05, 0) is 18.8 Å². The molecular weight excluding hydrogens is 293 g/mol. The summed E-state index contributed by atoms with van der Waals surface area (Å²) in [5.41, 5.74) is 5.27. The van der Waals surface area contributed by atoms with Gasteiger partial charge in [0.1, 0.15) is 6.04 Å². The average molecular weight is 325 g/mol. The number of carbonyl (C=O) groups is 2. The van der Waals surface area contributed by atoms with E-state index in [-0.39, 0.29) is 41.9 Å². The molecule has 6 heteroatoms. The molecule has 0 heterocycles. The minimum Gasteiger partial charge on any atom is -0.550 e. The van der Waals surface area contributed by atoms with Gasteiger partial charge in [-0.3, -0.25) is 4.79 Å². The zero-order chi connectivity index (χ0) is 16.7. The second-order valence-electron chi connectivity index (χ2n) is 5.49. The average Bonchev–Trinajstić information content (AvgIpc) is 2.45. The van der Waals surface area contributed by atoms with E-state index < -0.39 is 18.0 Å². The van der Waals surface area contributed by atoms with Gasteiger partial charge in [-0.15, -0.1) is 0 Å². The van der Waals surface area contributed by atoms with Gasteiger partial charge in [0.25, 0.3) is 0 Å². The van der Waals surface area contributed by atoms with Crippen molar-refractivity contribution in [3.63, 3.8) is 0 Å². The molecule has 0 aliphatic carbocycles. The van der Waals surface area contributed by atoms with Crippen LogP contribution in [-0.2, 0) is 9.59 Å². The first-order valence-corrected chi connectivity index (χ1v) is 8.04. The van der Waals surface area contributed by atoms with Crippen molar-refractivity contribution in [1.29, 1.82) is 0 Å². The van der Waals surface area contributed by atoms with E-state index in [0.717, 1.165) is 19.3 Å². The molecule has 0 amide bonds. The van der Waals surface area contributed by atoms with E-state index in [2.05, 4.69) is 6.92 Å². The van der Waals surface area contributed by atoms with Gasteiger partial charge in [0.05, 0.1) is 0 Å². The summed E-state index contributed by atoms with van der Waals surface area (Å²) in [4.78, 5) is 20.2. The monoisotopic (exact) mass is 325 g/mol. The van der Waals surface area contributed by atoms with Crippen molar-refractivity contribution in [2.45, 2.75) is 84.6 Å². The molecule has 3 N–H and O–H groups in total. The fraction of sp³-hybridized carbons (Fsp3) is 0.875. The molecule has 0 aromatic carbocycles. The standard InChI is InChI=1S/C10H20O2.C6H13NO2.Na/c1-2-3-4-5-6-7-8-9-10(11)12;1-3-4(2)5(7)6(8)9;/h2-9H2,1H3,(H,11,12);4-5H,3,7H2,1-2H3,(H,8,9);/q;;+1/p-1. The van der Waals surface area contributed by atoms with Crippen LogP contribution in [0, 0.1) is 5.92 Å². The van der Waals surface area contributed by atoms with E-state index >= 15 is 0 Å². The predicted octanol–water partition coefficient (Wildman–Crippen LogP) is -0.675. The van der Waals surface area contributed by atoms with Crippen LogP contribution in [0.4, 0.5) is 0 Å². The number of rotatable bonds is 11. The van der Waals surface area contributed by atoms with Gasteiger partial charge in [-0.1, -0.05) is 65.7 Å². The molecule has 0 aliphatic rings. The van der Waals surface area contributed by atoms with Crippen molar-refractivity contribution in [3.8, 4) is 0 Å². The summed E-state index contributed by atoms with van der Waals surface area (Å²) in [5.74, 6) is -1.75. The summed E-state index contributed by atoms with van der Waals surface area (Å²) in [6.07, 6.45) is 9.16. The number of hydrogen-bond donors (Lipinski definition) is 2. The summed E-state index contributed by atoms with van der Waals surface area (Å²) < 4.78 is 0. The van der Waals surface area contributed by atoms with Crippen LogP contribution in [0.1, 0.15) is 78.6 Å². The van der Waals surface area contributed by atoms with E-state index in [9.17, 15) is 14.7 Å². The molecule has 22 heavy (non-hydrogen) atoms. The third kappa shape index (κ3) is 19.9. The van der Waals surface area contributed by atoms with Crippen LogP contribution in [0.25, 0.3) is 0 Å². The topological polar surface area (TPSA) is 103 Å². The summed E-state index contributed by atoms with van der Waals surface area (Å²) in [6.45, 7) is 5.95. The molecule has 126 valence electrons. The number of carbonyl (C=O) groups excluding carboxylic acids is 1. The number of hydrogen-bond acceptors (Lipinski definition) is 4. The van der Waals surface area contributed by atoms with Gasteiger partial charge in [0, 0.05) is 5.97 Å². The van der Waals surface area contributed by atoms with E-state index in [1.807, 2.05) is 13.8 Å². The van der Waals surface area contributed by atoms with Crippen LogP contribution in [0.15, 0.2) is 0 Å². The first-order chi connectivity index (χ1) is 9.86. The Bertz CT molecular complexity index is 275. The molecule has 0 saturated carbocycles. The van der Waals surface area contributed by atoms with Crippen LogP contribution in [-0.4, -0.2) is 23.1 Å². The van der Waals surface area contributed by atoms with E-state index in [4.69, 9.17) is 10.8 Å². The molecule has 0 spiro atoms. The Hall–Kier alpha value is -0.100. The maximum Gasteiger partial charge on any atom is 1.00 e. The molecule has 5 nitrogen and oxygen atoms in total. The number of nitrogens with two attached hydrogens (primary N) is 1. The number of unbranched alkanes of at least 4 members (excludes halogenated alkanes) is 6. The Morgan fingerprint density at radius 3 is 1.82 bits per heavy atom. The van der Waals surface area contributed by atoms with Gasteiger partial charge in [-0.25, -0.2) is 0 Å². The van der Waals surface area contributed by atoms with E-state index in [1.54, 1.807) is 0 Å². The minimum atomic E-state index is -0.913. The van der Waals surface area contributed by atoms with Crippen molar-refractivity contribution in [2.75, 3.05) is 0 Å². The van der Waals surface area contributed by atoms with Crippen LogP contribution in [0.2, 0.25) is 0 Å². The molecular formula is C16H32NNaO4. The van der Waals surface area contributed by atoms with E-state index in [1.165, 1.54) is 32.1 Å². The van der Waals surface area contributed by atoms with Gasteiger partial charge in [-0.2, -0.15) is 0 Å². The Labute approximate surface area is 157 Å². The van der Waals surface area contributed by atoms with Crippen molar-refractivity contribution in [2.24, 2.45) is 11.7 Å². The second kappa shape index (κ2) is 18.9. The molecule has 0 saturated heterocycles. The first-order valence-electron chi connectivity index (χ1n) is 8.04. The van der Waals surface area contributed by atoms with Crippen LogP contribution < -0.4 is 40.4 Å². The zero-order valence-electron chi connectivity index (χ0n) is 14.8. The molecule has 0 rings (SSSR count). The molecule has 0 radical (unpaired) electrons. The predicted molar refractivity (Wildman–Crippen MR) is 82.7 cm³/mol. The molecule has 2 atom stereocenters. The Morgan fingerprint density at radius 2 is 1.50 bits per heavy atom. The summed E-state index contributed by atoms with van der Waals surface area (Å²) >= 11 is 0. The number of carboxylic acids is 2. The fourth-order valence-electron chi connectivity index (χ4n) is 1.72. The third-order valence-corrected chi connectivity index (χ3v) is 3.53. The normalized spacial score (nSPS) is 12.4. The van der Waals surface area contributed by atoms with Gasteiger partial charge in [0.15, 0.2) is 0 Å². The van der Waals surface area contributed by atoms with Crippen LogP contribution in [0.3, 0.4) is 0 Å². The fourth-order valence-corrected chi connectivity index (χ4v) is 1.72. The van der Waals surface area contributed by atoms with Gasteiger partial charge < -0.3 is 20.7 Å². The van der Waals surface area contributed by atoms with Crippen molar-refractivity contribution < 1.29 is 49.4 Å². The van der Waals surface area contributed by atoms with Crippen LogP contribution in [0.5, 0.6) is 0 Å². The van der Waals surface area contributed by atoms with Crippen LogP contribution >= 0.6 is 0 Å². The molecule has 0 aliphatic heterocycles. The summed E-state index contributed by atoms with van der Waals surface area (Å²) in [5, 5.41) is 18.4. The molecule has 2 unspecified atom stereocenters. The molecule has 0 aromatic rings. The number of aliphatic carboxylic acids is 2. The maximum absolute atomic E-state index is 10.2. The largest absolute Gasteiger partial charge is 1.00 e. The Morgan fingerprint density at radius 1 is 1.05 bits per heavy atom. The van der Waals surface area contributed by atoms with Crippen molar-refractivity contribution >= 4 is 11.9 Å². The Kier molecular flexibility index (Phi) is 23.1. The molecule has 0 fully saturated rings. The van der Waals surface area contributed by atoms with Gasteiger partial charge >= 0.3 is 35.5 Å². The zero-order valence-corrected chi connectivity index (χ0v) is 16.8. The Balaban J connectivity index is -0.000000326. The molecule has 0 bridgehead atoms.